The minimum Gasteiger partial charge on any atom is -0.310 e. The van der Waals surface area contributed by atoms with Gasteiger partial charge in [0.1, 0.15) is 0 Å². The fourth-order valence-electron chi connectivity index (χ4n) is 1.97. The highest BCUT2D eigenvalue weighted by Crippen LogP contribution is 2.22. The molecule has 0 saturated heterocycles. The van der Waals surface area contributed by atoms with E-state index in [-0.39, 0.29) is 0 Å². The van der Waals surface area contributed by atoms with Gasteiger partial charge < -0.3 is 5.32 Å². The molecule has 0 amide bonds. The summed E-state index contributed by atoms with van der Waals surface area (Å²) in [4.78, 5) is 0.300. The number of anilines is 1. The molecule has 0 aliphatic heterocycles. The van der Waals surface area contributed by atoms with E-state index < -0.39 is 10.0 Å². The van der Waals surface area contributed by atoms with Gasteiger partial charge in [0.2, 0.25) is 0 Å². The molecular formula is C13H16N4O2S. The molecule has 0 unspecified atom stereocenters. The summed E-state index contributed by atoms with van der Waals surface area (Å²) in [5.74, 6) is 0. The standard InChI is InChI=1S/C13H16N4O2S/c18-20(19,17-12-8-15-16-9-12)13-4-2-1-3-10(13)7-14-11-5-6-11/h1-4,8-9,11,14,17H,5-7H2,(H,15,16). The fraction of sp³-hybridized carbons (Fsp3) is 0.308. The van der Waals surface area contributed by atoms with Gasteiger partial charge >= 0.3 is 0 Å². The Morgan fingerprint density at radius 2 is 2.10 bits per heavy atom. The summed E-state index contributed by atoms with van der Waals surface area (Å²) in [6.07, 6.45) is 5.27. The van der Waals surface area contributed by atoms with Gasteiger partial charge in [0, 0.05) is 18.8 Å². The molecule has 1 aliphatic rings. The predicted molar refractivity (Wildman–Crippen MR) is 75.7 cm³/mol. The maximum Gasteiger partial charge on any atom is 0.262 e. The zero-order chi connectivity index (χ0) is 14.0. The lowest BCUT2D eigenvalue weighted by Crippen LogP contribution is -2.20. The van der Waals surface area contributed by atoms with E-state index in [0.717, 1.165) is 5.56 Å². The van der Waals surface area contributed by atoms with Crippen LogP contribution in [0.1, 0.15) is 18.4 Å². The fourth-order valence-corrected chi connectivity index (χ4v) is 3.25. The maximum atomic E-state index is 12.4. The van der Waals surface area contributed by atoms with Crippen LogP contribution in [-0.4, -0.2) is 24.7 Å². The average molecular weight is 292 g/mol. The maximum absolute atomic E-state index is 12.4. The monoisotopic (exact) mass is 292 g/mol. The van der Waals surface area contributed by atoms with E-state index in [4.69, 9.17) is 0 Å². The second-order valence-electron chi connectivity index (χ2n) is 4.86. The molecule has 0 bridgehead atoms. The predicted octanol–water partition coefficient (Wildman–Crippen LogP) is 1.46. The van der Waals surface area contributed by atoms with Crippen molar-refractivity contribution in [2.24, 2.45) is 0 Å². The number of nitrogens with one attached hydrogen (secondary N) is 3. The van der Waals surface area contributed by atoms with Gasteiger partial charge in [0.15, 0.2) is 0 Å². The molecular weight excluding hydrogens is 276 g/mol. The SMILES string of the molecule is O=S(=O)(Nc1cn[nH]c1)c1ccccc1CNC1CC1. The summed E-state index contributed by atoms with van der Waals surface area (Å²) in [6, 6.07) is 7.56. The minimum atomic E-state index is -3.59. The Bertz CT molecular complexity index is 678. The third kappa shape index (κ3) is 3.00. The van der Waals surface area contributed by atoms with Gasteiger partial charge in [-0.15, -0.1) is 0 Å². The Morgan fingerprint density at radius 3 is 2.80 bits per heavy atom. The Morgan fingerprint density at radius 1 is 1.30 bits per heavy atom. The third-order valence-corrected chi connectivity index (χ3v) is 4.65. The quantitative estimate of drug-likeness (QED) is 0.752. The molecule has 6 nitrogen and oxygen atoms in total. The second kappa shape index (κ2) is 5.26. The molecule has 1 saturated carbocycles. The van der Waals surface area contributed by atoms with Crippen molar-refractivity contribution >= 4 is 15.7 Å². The number of H-pyrrole nitrogens is 1. The number of benzene rings is 1. The number of sulfonamides is 1. The molecule has 1 aromatic heterocycles. The molecule has 0 atom stereocenters. The highest BCUT2D eigenvalue weighted by molar-refractivity contribution is 7.92. The topological polar surface area (TPSA) is 86.9 Å². The van der Waals surface area contributed by atoms with Gasteiger partial charge in [-0.05, 0) is 24.5 Å². The van der Waals surface area contributed by atoms with Crippen LogP contribution in [0.4, 0.5) is 5.69 Å². The van der Waals surface area contributed by atoms with E-state index in [2.05, 4.69) is 20.2 Å². The van der Waals surface area contributed by atoms with Gasteiger partial charge in [0.25, 0.3) is 10.0 Å². The van der Waals surface area contributed by atoms with Crippen LogP contribution in [0.5, 0.6) is 0 Å². The van der Waals surface area contributed by atoms with Crippen LogP contribution in [0.15, 0.2) is 41.6 Å². The highest BCUT2D eigenvalue weighted by Gasteiger charge is 2.23. The van der Waals surface area contributed by atoms with Gasteiger partial charge in [-0.25, -0.2) is 8.42 Å². The summed E-state index contributed by atoms with van der Waals surface area (Å²) in [5.41, 5.74) is 1.20. The van der Waals surface area contributed by atoms with Crippen molar-refractivity contribution in [1.82, 2.24) is 15.5 Å². The van der Waals surface area contributed by atoms with Crippen molar-refractivity contribution in [2.45, 2.75) is 30.3 Å². The first kappa shape index (κ1) is 13.1. The molecule has 1 aromatic carbocycles. The van der Waals surface area contributed by atoms with Crippen LogP contribution in [0, 0.1) is 0 Å². The molecule has 0 radical (unpaired) electrons. The highest BCUT2D eigenvalue weighted by atomic mass is 32.2. The van der Waals surface area contributed by atoms with Gasteiger partial charge in [-0.1, -0.05) is 18.2 Å². The van der Waals surface area contributed by atoms with Crippen LogP contribution in [0.25, 0.3) is 0 Å². The molecule has 3 rings (SSSR count). The summed E-state index contributed by atoms with van der Waals surface area (Å²) < 4.78 is 27.3. The van der Waals surface area contributed by atoms with Gasteiger partial charge in [-0.2, -0.15) is 5.10 Å². The first-order chi connectivity index (χ1) is 9.65. The van der Waals surface area contributed by atoms with E-state index >= 15 is 0 Å². The van der Waals surface area contributed by atoms with E-state index in [1.54, 1.807) is 12.1 Å². The molecule has 106 valence electrons. The normalized spacial score (nSPS) is 15.2. The molecule has 1 aliphatic carbocycles. The van der Waals surface area contributed by atoms with Gasteiger partial charge in [-0.3, -0.25) is 9.82 Å². The molecule has 3 N–H and O–H groups in total. The first-order valence-corrected chi connectivity index (χ1v) is 7.96. The smallest absolute Gasteiger partial charge is 0.262 e. The Labute approximate surface area is 117 Å². The van der Waals surface area contributed by atoms with Crippen molar-refractivity contribution in [3.05, 3.63) is 42.2 Å². The lowest BCUT2D eigenvalue weighted by Gasteiger charge is -2.11. The summed E-state index contributed by atoms with van der Waals surface area (Å²) in [5, 5.41) is 9.64. The van der Waals surface area contributed by atoms with E-state index in [1.807, 2.05) is 12.1 Å². The van der Waals surface area contributed by atoms with E-state index in [9.17, 15) is 8.42 Å². The Kier molecular flexibility index (Phi) is 3.45. The second-order valence-corrected chi connectivity index (χ2v) is 6.51. The third-order valence-electron chi connectivity index (χ3n) is 3.17. The lowest BCUT2D eigenvalue weighted by atomic mass is 10.2. The Hall–Kier alpha value is -1.86. The van der Waals surface area contributed by atoms with Crippen LogP contribution in [0.2, 0.25) is 0 Å². The molecule has 1 fully saturated rings. The molecule has 7 heteroatoms. The van der Waals surface area contributed by atoms with Crippen LogP contribution in [-0.2, 0) is 16.6 Å². The zero-order valence-electron chi connectivity index (χ0n) is 10.8. The number of hydrogen-bond acceptors (Lipinski definition) is 4. The van der Waals surface area contributed by atoms with Crippen LogP contribution >= 0.6 is 0 Å². The van der Waals surface area contributed by atoms with E-state index in [0.29, 0.717) is 23.2 Å². The molecule has 1 heterocycles. The van der Waals surface area contributed by atoms with Gasteiger partial charge in [0.05, 0.1) is 16.8 Å². The Balaban J connectivity index is 1.83. The van der Waals surface area contributed by atoms with Crippen molar-refractivity contribution in [3.63, 3.8) is 0 Å². The van der Waals surface area contributed by atoms with Crippen molar-refractivity contribution in [2.75, 3.05) is 4.72 Å². The molecule has 0 spiro atoms. The first-order valence-electron chi connectivity index (χ1n) is 6.48. The number of aromatic nitrogens is 2. The number of hydrogen-bond donors (Lipinski definition) is 3. The van der Waals surface area contributed by atoms with Crippen molar-refractivity contribution < 1.29 is 8.42 Å². The van der Waals surface area contributed by atoms with Crippen LogP contribution < -0.4 is 10.0 Å². The molecule has 20 heavy (non-hydrogen) atoms. The number of nitrogens with zero attached hydrogens (tertiary/aromatic N) is 1. The average Bonchev–Trinajstić information content (AvgIpc) is 3.13. The largest absolute Gasteiger partial charge is 0.310 e. The molecule has 2 aromatic rings. The van der Waals surface area contributed by atoms with Crippen LogP contribution in [0.3, 0.4) is 0 Å². The van der Waals surface area contributed by atoms with E-state index in [1.165, 1.54) is 25.2 Å². The number of aromatic amines is 1. The minimum absolute atomic E-state index is 0.300. The summed E-state index contributed by atoms with van der Waals surface area (Å²) >= 11 is 0. The summed E-state index contributed by atoms with van der Waals surface area (Å²) in [6.45, 7) is 0.563. The van der Waals surface area contributed by atoms with Crippen molar-refractivity contribution in [3.8, 4) is 0 Å². The zero-order valence-corrected chi connectivity index (χ0v) is 11.7. The summed E-state index contributed by atoms with van der Waals surface area (Å²) in [7, 11) is -3.59. The van der Waals surface area contributed by atoms with Crippen molar-refractivity contribution in [1.29, 1.82) is 0 Å². The lowest BCUT2D eigenvalue weighted by molar-refractivity contribution is 0.597. The number of rotatable bonds is 6.